The predicted octanol–water partition coefficient (Wildman–Crippen LogP) is -3.16. The Morgan fingerprint density at radius 2 is 2.07 bits per heavy atom. The Morgan fingerprint density at radius 3 is 2.33 bits per heavy atom. The number of terminal acetylenes is 1. The van der Waals surface area contributed by atoms with Crippen LogP contribution in [0.25, 0.3) is 0 Å². The Labute approximate surface area is 102 Å². The quantitative estimate of drug-likeness (QED) is 0.182. The van der Waals surface area contributed by atoms with Gasteiger partial charge in [-0.2, -0.15) is 18.5 Å². The van der Waals surface area contributed by atoms with Gasteiger partial charge in [0.2, 0.25) is 0 Å². The summed E-state index contributed by atoms with van der Waals surface area (Å²) in [6.07, 6.45) is 6.15. The van der Waals surface area contributed by atoms with Gasteiger partial charge in [0.15, 0.2) is 0 Å². The summed E-state index contributed by atoms with van der Waals surface area (Å²) < 4.78 is 0. The van der Waals surface area contributed by atoms with E-state index in [0.29, 0.717) is 0 Å². The molecule has 0 aliphatic carbocycles. The van der Waals surface area contributed by atoms with Crippen LogP contribution in [-0.2, 0) is 4.79 Å². The minimum atomic E-state index is 0. The van der Waals surface area contributed by atoms with Crippen molar-refractivity contribution in [3.05, 3.63) is 42.5 Å². The number of carbonyl (C=O) groups excluding carboxylic acids is 1. The molecular weight excluding hydrogens is 185 g/mol. The number of nitrogens with one attached hydrogen (secondary N) is 1. The smallest absolute Gasteiger partial charge is 0.894 e. The minimum Gasteiger partial charge on any atom is -0.894 e. The maximum Gasteiger partial charge on any atom is 1.00 e. The normalized spacial score (nSPS) is 6.93. The van der Waals surface area contributed by atoms with Crippen molar-refractivity contribution >= 4 is 6.41 Å². The van der Waals surface area contributed by atoms with Gasteiger partial charge < -0.3 is 15.2 Å². The first kappa shape index (κ1) is 16.1. The fourth-order valence-electron chi connectivity index (χ4n) is 0.619. The molecule has 1 aromatic carbocycles. The Balaban J connectivity index is 0. The first-order valence-corrected chi connectivity index (χ1v) is 3.88. The van der Waals surface area contributed by atoms with Crippen LogP contribution in [0.5, 0.6) is 0 Å². The monoisotopic (exact) mass is 195 g/mol. The Morgan fingerprint density at radius 1 is 1.47 bits per heavy atom. The molecule has 0 bridgehead atoms. The van der Waals surface area contributed by atoms with Crippen LogP contribution in [0.1, 0.15) is 5.56 Å². The third kappa shape index (κ3) is 10.6. The zero-order valence-corrected chi connectivity index (χ0v) is 8.57. The summed E-state index contributed by atoms with van der Waals surface area (Å²) in [4.78, 5) is 9.23. The number of amides is 1. The molecule has 0 saturated carbocycles. The Kier molecular flexibility index (Phi) is 13.6. The Bertz CT molecular complexity index is 282. The molecule has 0 aliphatic heterocycles. The second-order valence-corrected chi connectivity index (χ2v) is 2.19. The van der Waals surface area contributed by atoms with Crippen molar-refractivity contribution in [3.8, 4) is 12.3 Å². The van der Waals surface area contributed by atoms with E-state index in [2.05, 4.69) is 11.2 Å². The molecule has 0 atom stereocenters. The van der Waals surface area contributed by atoms with Crippen LogP contribution in [0.4, 0.5) is 0 Å². The average molecular weight is 195 g/mol. The molecule has 1 aromatic rings. The molecule has 1 rings (SSSR count). The summed E-state index contributed by atoms with van der Waals surface area (Å²) in [6.45, 7) is 1.10. The fraction of sp³-hybridized carbons (Fsp3) is 0.0909. The summed E-state index contributed by atoms with van der Waals surface area (Å²) in [6, 6.07) is 9.10. The van der Waals surface area contributed by atoms with Crippen LogP contribution < -0.4 is 29.3 Å². The van der Waals surface area contributed by atoms with Gasteiger partial charge in [0.1, 0.15) is 0 Å². The van der Waals surface area contributed by atoms with Crippen molar-refractivity contribution < 1.29 is 28.8 Å². The Hall–Kier alpha value is -1.32. The molecule has 0 fully saturated rings. The summed E-state index contributed by atoms with van der Waals surface area (Å²) in [5.41, 5.74) is 0.729. The van der Waals surface area contributed by atoms with Gasteiger partial charge in [0, 0.05) is 6.54 Å². The van der Waals surface area contributed by atoms with E-state index in [1.54, 1.807) is 12.1 Å². The molecule has 0 unspecified atom stereocenters. The molecule has 4 heteroatoms. The van der Waals surface area contributed by atoms with Crippen molar-refractivity contribution in [1.29, 1.82) is 0 Å². The summed E-state index contributed by atoms with van der Waals surface area (Å²) in [5, 5.41) is 12.2. The van der Waals surface area contributed by atoms with Gasteiger partial charge in [-0.1, -0.05) is 12.0 Å². The molecule has 74 valence electrons. The average Bonchev–Trinajstić information content (AvgIpc) is 2.28. The van der Waals surface area contributed by atoms with Crippen LogP contribution in [0, 0.1) is 19.0 Å². The van der Waals surface area contributed by atoms with Crippen LogP contribution >= 0.6 is 0 Å². The second-order valence-electron chi connectivity index (χ2n) is 2.19. The van der Waals surface area contributed by atoms with Gasteiger partial charge in [-0.25, -0.2) is 5.56 Å². The molecule has 0 aliphatic rings. The van der Waals surface area contributed by atoms with Crippen molar-refractivity contribution in [2.24, 2.45) is 0 Å². The third-order valence-electron chi connectivity index (χ3n) is 1.20. The van der Waals surface area contributed by atoms with Crippen molar-refractivity contribution in [3.63, 3.8) is 0 Å². The molecule has 1 N–H and O–H groups in total. The van der Waals surface area contributed by atoms with E-state index in [1.165, 1.54) is 6.41 Å². The van der Waals surface area contributed by atoms with Gasteiger partial charge >= 0.3 is 18.9 Å². The topological polar surface area (TPSA) is 52.2 Å². The number of hydrogen-bond donors (Lipinski definition) is 1. The van der Waals surface area contributed by atoms with Gasteiger partial charge in [-0.3, -0.25) is 6.61 Å². The zero-order valence-electron chi connectivity index (χ0n) is 8.57. The zero-order chi connectivity index (χ0) is 10.6. The molecule has 1 amide bonds. The van der Waals surface area contributed by atoms with E-state index in [0.717, 1.165) is 12.2 Å². The summed E-state index contributed by atoms with van der Waals surface area (Å²) in [5.74, 6) is 2.19. The largest absolute Gasteiger partial charge is 1.00 e. The van der Waals surface area contributed by atoms with E-state index in [9.17, 15) is 9.90 Å². The van der Waals surface area contributed by atoms with E-state index < -0.39 is 0 Å². The number of hydrogen-bond acceptors (Lipinski definition) is 2. The summed E-state index contributed by atoms with van der Waals surface area (Å²) in [7, 11) is 0. The minimum absolute atomic E-state index is 0. The van der Waals surface area contributed by atoms with Crippen LogP contribution in [0.3, 0.4) is 0 Å². The second kappa shape index (κ2) is 12.7. The van der Waals surface area contributed by atoms with E-state index >= 15 is 0 Å². The third-order valence-corrected chi connectivity index (χ3v) is 1.20. The standard InChI is InChI=1S/C7H6O.C4H4NO.Li/c8-6-7-4-2-1-3-5-7;1-2-3-5-4-6;/h1-6H;1H,3H2,(H,5,6);/q-2;-1;+1. The molecule has 0 spiro atoms. The van der Waals surface area contributed by atoms with E-state index in [4.69, 9.17) is 6.42 Å². The molecule has 0 saturated heterocycles. The van der Waals surface area contributed by atoms with Gasteiger partial charge in [0.25, 0.3) is 0 Å². The van der Waals surface area contributed by atoms with Crippen molar-refractivity contribution in [2.45, 2.75) is 0 Å². The molecule has 0 radical (unpaired) electrons. The first-order valence-electron chi connectivity index (χ1n) is 3.88. The fourth-order valence-corrected chi connectivity index (χ4v) is 0.619. The first-order chi connectivity index (χ1) is 6.85. The number of rotatable bonds is 3. The van der Waals surface area contributed by atoms with E-state index in [1.807, 2.05) is 18.2 Å². The van der Waals surface area contributed by atoms with Crippen LogP contribution in [-0.4, -0.2) is 13.0 Å². The van der Waals surface area contributed by atoms with Crippen LogP contribution in [0.15, 0.2) is 30.3 Å². The van der Waals surface area contributed by atoms with Gasteiger partial charge in [0.05, 0.1) is 0 Å². The van der Waals surface area contributed by atoms with Gasteiger partial charge in [-0.05, 0) is 0 Å². The molecule has 15 heavy (non-hydrogen) atoms. The van der Waals surface area contributed by atoms with Crippen LogP contribution in [0.2, 0.25) is 0 Å². The maximum atomic E-state index is 10.0. The van der Waals surface area contributed by atoms with Crippen molar-refractivity contribution in [2.75, 3.05) is 6.54 Å². The predicted molar refractivity (Wildman–Crippen MR) is 52.4 cm³/mol. The van der Waals surface area contributed by atoms with E-state index in [-0.39, 0.29) is 25.4 Å². The molecule has 0 aromatic heterocycles. The van der Waals surface area contributed by atoms with Crippen molar-refractivity contribution in [1.82, 2.24) is 5.32 Å². The van der Waals surface area contributed by atoms with Gasteiger partial charge in [-0.15, -0.1) is 18.6 Å². The summed E-state index contributed by atoms with van der Waals surface area (Å²) >= 11 is 0. The molecular formula is C11H10LiNO2-2. The number of benzene rings is 1. The maximum absolute atomic E-state index is 10.0. The molecule has 3 nitrogen and oxygen atoms in total. The SMILES string of the molecule is C#CCN[C-]=O.[Li+].[O-][CH-]c1ccccc1. The molecule has 0 heterocycles.